The van der Waals surface area contributed by atoms with E-state index in [1.807, 2.05) is 6.92 Å². The first-order chi connectivity index (χ1) is 7.59. The average molecular weight is 227 g/mol. The quantitative estimate of drug-likeness (QED) is 0.728. The third kappa shape index (κ3) is 4.64. The highest BCUT2D eigenvalue weighted by molar-refractivity contribution is 5.77. The molecule has 0 unspecified atom stereocenters. The Kier molecular flexibility index (Phi) is 5.29. The summed E-state index contributed by atoms with van der Waals surface area (Å²) < 4.78 is 0. The first-order valence-electron chi connectivity index (χ1n) is 6.10. The van der Waals surface area contributed by atoms with Crippen LogP contribution in [-0.2, 0) is 9.59 Å². The van der Waals surface area contributed by atoms with Crippen molar-refractivity contribution in [1.82, 2.24) is 5.32 Å². The average Bonchev–Trinajstić information content (AvgIpc) is 2.69. The van der Waals surface area contributed by atoms with Gasteiger partial charge in [-0.25, -0.2) is 0 Å². The molecule has 1 aliphatic carbocycles. The first-order valence-corrected chi connectivity index (χ1v) is 6.10. The molecule has 0 bridgehead atoms. The van der Waals surface area contributed by atoms with Crippen LogP contribution in [0.15, 0.2) is 0 Å². The van der Waals surface area contributed by atoms with Crippen LogP contribution in [0.1, 0.15) is 51.9 Å². The number of hydrogen-bond donors (Lipinski definition) is 2. The SMILES string of the molecule is C[C@@H](NC(=O)CCCC(=O)O)C1CCCC1. The molecule has 4 nitrogen and oxygen atoms in total. The molecule has 0 aromatic heterocycles. The van der Waals surface area contributed by atoms with Crippen molar-refractivity contribution in [1.29, 1.82) is 0 Å². The van der Waals surface area contributed by atoms with Gasteiger partial charge < -0.3 is 10.4 Å². The highest BCUT2D eigenvalue weighted by atomic mass is 16.4. The second kappa shape index (κ2) is 6.51. The van der Waals surface area contributed by atoms with E-state index in [9.17, 15) is 9.59 Å². The summed E-state index contributed by atoms with van der Waals surface area (Å²) in [7, 11) is 0. The summed E-state index contributed by atoms with van der Waals surface area (Å²) in [5.41, 5.74) is 0. The monoisotopic (exact) mass is 227 g/mol. The number of amides is 1. The summed E-state index contributed by atoms with van der Waals surface area (Å²) in [6, 6.07) is 0.236. The van der Waals surface area contributed by atoms with Gasteiger partial charge in [0.1, 0.15) is 0 Å². The molecule has 1 rings (SSSR count). The van der Waals surface area contributed by atoms with Crippen LogP contribution in [-0.4, -0.2) is 23.0 Å². The molecule has 0 aliphatic heterocycles. The van der Waals surface area contributed by atoms with Crippen LogP contribution in [0, 0.1) is 5.92 Å². The largest absolute Gasteiger partial charge is 0.481 e. The van der Waals surface area contributed by atoms with Gasteiger partial charge in [0.15, 0.2) is 0 Å². The van der Waals surface area contributed by atoms with Crippen LogP contribution in [0.4, 0.5) is 0 Å². The Labute approximate surface area is 96.4 Å². The molecule has 16 heavy (non-hydrogen) atoms. The number of rotatable bonds is 6. The van der Waals surface area contributed by atoms with E-state index in [0.29, 0.717) is 18.8 Å². The second-order valence-corrected chi connectivity index (χ2v) is 4.65. The Morgan fingerprint density at radius 3 is 2.50 bits per heavy atom. The number of carbonyl (C=O) groups is 2. The van der Waals surface area contributed by atoms with Gasteiger partial charge in [0.05, 0.1) is 0 Å². The number of carboxylic acid groups (broad SMARTS) is 1. The van der Waals surface area contributed by atoms with Crippen molar-refractivity contribution in [2.75, 3.05) is 0 Å². The zero-order valence-electron chi connectivity index (χ0n) is 9.87. The van der Waals surface area contributed by atoms with Crippen molar-refractivity contribution in [3.05, 3.63) is 0 Å². The van der Waals surface area contributed by atoms with E-state index in [1.165, 1.54) is 25.7 Å². The minimum Gasteiger partial charge on any atom is -0.481 e. The van der Waals surface area contributed by atoms with E-state index in [2.05, 4.69) is 5.32 Å². The fraction of sp³-hybridized carbons (Fsp3) is 0.833. The van der Waals surface area contributed by atoms with Gasteiger partial charge in [-0.2, -0.15) is 0 Å². The smallest absolute Gasteiger partial charge is 0.303 e. The lowest BCUT2D eigenvalue weighted by atomic mass is 9.99. The molecule has 1 atom stereocenters. The molecule has 0 aromatic carbocycles. The predicted molar refractivity (Wildman–Crippen MR) is 61.0 cm³/mol. The summed E-state index contributed by atoms with van der Waals surface area (Å²) in [6.07, 6.45) is 5.77. The summed E-state index contributed by atoms with van der Waals surface area (Å²) in [5, 5.41) is 11.4. The van der Waals surface area contributed by atoms with Gasteiger partial charge in [0, 0.05) is 18.9 Å². The lowest BCUT2D eigenvalue weighted by molar-refractivity contribution is -0.137. The summed E-state index contributed by atoms with van der Waals surface area (Å²) >= 11 is 0. The normalized spacial score (nSPS) is 18.3. The molecular formula is C12H21NO3. The molecule has 0 radical (unpaired) electrons. The van der Waals surface area contributed by atoms with E-state index in [4.69, 9.17) is 5.11 Å². The third-order valence-electron chi connectivity index (χ3n) is 3.29. The molecule has 0 heterocycles. The van der Waals surface area contributed by atoms with Crippen molar-refractivity contribution in [3.63, 3.8) is 0 Å². The zero-order valence-corrected chi connectivity index (χ0v) is 9.87. The van der Waals surface area contributed by atoms with Crippen LogP contribution in [0.3, 0.4) is 0 Å². The Morgan fingerprint density at radius 1 is 1.31 bits per heavy atom. The minimum absolute atomic E-state index is 0.0133. The van der Waals surface area contributed by atoms with Gasteiger partial charge in [-0.15, -0.1) is 0 Å². The molecule has 2 N–H and O–H groups in total. The van der Waals surface area contributed by atoms with Crippen molar-refractivity contribution in [2.24, 2.45) is 5.92 Å². The Morgan fingerprint density at radius 2 is 1.94 bits per heavy atom. The number of nitrogens with one attached hydrogen (secondary N) is 1. The first kappa shape index (κ1) is 13.0. The highest BCUT2D eigenvalue weighted by Crippen LogP contribution is 2.27. The van der Waals surface area contributed by atoms with E-state index in [0.717, 1.165) is 0 Å². The van der Waals surface area contributed by atoms with Crippen molar-refractivity contribution >= 4 is 11.9 Å². The highest BCUT2D eigenvalue weighted by Gasteiger charge is 2.22. The lowest BCUT2D eigenvalue weighted by Crippen LogP contribution is -2.37. The van der Waals surface area contributed by atoms with Crippen LogP contribution < -0.4 is 5.32 Å². The van der Waals surface area contributed by atoms with Crippen LogP contribution >= 0.6 is 0 Å². The maximum atomic E-state index is 11.5. The van der Waals surface area contributed by atoms with E-state index < -0.39 is 5.97 Å². The van der Waals surface area contributed by atoms with Crippen molar-refractivity contribution in [3.8, 4) is 0 Å². The van der Waals surface area contributed by atoms with Crippen LogP contribution in [0.5, 0.6) is 0 Å². The van der Waals surface area contributed by atoms with Gasteiger partial charge in [0.25, 0.3) is 0 Å². The number of hydrogen-bond acceptors (Lipinski definition) is 2. The standard InChI is InChI=1S/C12H21NO3/c1-9(10-5-2-3-6-10)13-11(14)7-4-8-12(15)16/h9-10H,2-8H2,1H3,(H,13,14)(H,15,16)/t9-/m1/s1. The van der Waals surface area contributed by atoms with Crippen molar-refractivity contribution in [2.45, 2.75) is 57.9 Å². The fourth-order valence-electron chi connectivity index (χ4n) is 2.30. The molecule has 4 heteroatoms. The summed E-state index contributed by atoms with van der Waals surface area (Å²) in [6.45, 7) is 2.05. The minimum atomic E-state index is -0.836. The van der Waals surface area contributed by atoms with Crippen LogP contribution in [0.2, 0.25) is 0 Å². The third-order valence-corrected chi connectivity index (χ3v) is 3.29. The molecule has 1 amide bonds. The predicted octanol–water partition coefficient (Wildman–Crippen LogP) is 1.94. The maximum Gasteiger partial charge on any atom is 0.303 e. The molecule has 0 saturated heterocycles. The van der Waals surface area contributed by atoms with Gasteiger partial charge in [-0.05, 0) is 32.1 Å². The van der Waals surface area contributed by atoms with Gasteiger partial charge in [-0.1, -0.05) is 12.8 Å². The summed E-state index contributed by atoms with van der Waals surface area (Å²) in [4.78, 5) is 21.8. The fourth-order valence-corrected chi connectivity index (χ4v) is 2.30. The van der Waals surface area contributed by atoms with Gasteiger partial charge in [-0.3, -0.25) is 9.59 Å². The van der Waals surface area contributed by atoms with Gasteiger partial charge >= 0.3 is 5.97 Å². The maximum absolute atomic E-state index is 11.5. The Bertz CT molecular complexity index is 247. The second-order valence-electron chi connectivity index (χ2n) is 4.65. The molecule has 0 spiro atoms. The topological polar surface area (TPSA) is 66.4 Å². The van der Waals surface area contributed by atoms with Crippen molar-refractivity contribution < 1.29 is 14.7 Å². The molecule has 92 valence electrons. The Hall–Kier alpha value is -1.06. The lowest BCUT2D eigenvalue weighted by Gasteiger charge is -2.20. The van der Waals surface area contributed by atoms with E-state index in [-0.39, 0.29) is 18.4 Å². The van der Waals surface area contributed by atoms with E-state index >= 15 is 0 Å². The van der Waals surface area contributed by atoms with Crippen LogP contribution in [0.25, 0.3) is 0 Å². The molecule has 1 fully saturated rings. The molecule has 0 aromatic rings. The Balaban J connectivity index is 2.15. The molecular weight excluding hydrogens is 206 g/mol. The van der Waals surface area contributed by atoms with Gasteiger partial charge in [0.2, 0.25) is 5.91 Å². The van der Waals surface area contributed by atoms with E-state index in [1.54, 1.807) is 0 Å². The number of aliphatic carboxylic acids is 1. The zero-order chi connectivity index (χ0) is 12.0. The molecule has 1 aliphatic rings. The molecule has 1 saturated carbocycles. The number of carboxylic acids is 1. The number of carbonyl (C=O) groups excluding carboxylic acids is 1. The summed E-state index contributed by atoms with van der Waals surface area (Å²) in [5.74, 6) is -0.235.